The average Bonchev–Trinajstić information content (AvgIpc) is 2.42. The van der Waals surface area contributed by atoms with Crippen molar-refractivity contribution in [2.24, 2.45) is 0 Å². The van der Waals surface area contributed by atoms with Gasteiger partial charge in [0.05, 0.1) is 0 Å². The minimum absolute atomic E-state index is 0.241. The fourth-order valence-electron chi connectivity index (χ4n) is 2.00. The Hall–Kier alpha value is -2.04. The third-order valence-electron chi connectivity index (χ3n) is 3.11. The number of aromatic nitrogens is 2. The number of benzene rings is 1. The highest BCUT2D eigenvalue weighted by Crippen LogP contribution is 2.18. The molecule has 5 heteroatoms. The second-order valence-corrected chi connectivity index (χ2v) is 5.19. The summed E-state index contributed by atoms with van der Waals surface area (Å²) in [6.07, 6.45) is 0.241. The van der Waals surface area contributed by atoms with E-state index in [0.717, 1.165) is 24.1 Å². The van der Waals surface area contributed by atoms with Gasteiger partial charge in [-0.2, -0.15) is 0 Å². The molecule has 1 heterocycles. The molecule has 112 valence electrons. The zero-order chi connectivity index (χ0) is 15.4. The van der Waals surface area contributed by atoms with Crippen LogP contribution in [0, 0.1) is 11.6 Å². The van der Waals surface area contributed by atoms with Gasteiger partial charge in [0, 0.05) is 30.8 Å². The maximum atomic E-state index is 13.7. The van der Waals surface area contributed by atoms with Gasteiger partial charge in [-0.3, -0.25) is 0 Å². The quantitative estimate of drug-likeness (QED) is 0.908. The van der Waals surface area contributed by atoms with Crippen LogP contribution in [0.3, 0.4) is 0 Å². The van der Waals surface area contributed by atoms with Gasteiger partial charge in [-0.15, -0.1) is 0 Å². The first-order valence-electron chi connectivity index (χ1n) is 7.05. The monoisotopic (exact) mass is 291 g/mol. The zero-order valence-corrected chi connectivity index (χ0v) is 12.5. The van der Waals surface area contributed by atoms with Gasteiger partial charge in [0.15, 0.2) is 0 Å². The molecule has 0 atom stereocenters. The molecule has 0 fully saturated rings. The number of rotatable bonds is 5. The van der Waals surface area contributed by atoms with Gasteiger partial charge in [-0.05, 0) is 24.5 Å². The van der Waals surface area contributed by atoms with Crippen molar-refractivity contribution in [3.05, 3.63) is 53.0 Å². The molecule has 0 radical (unpaired) electrons. The van der Waals surface area contributed by atoms with Crippen LogP contribution >= 0.6 is 0 Å². The fraction of sp³-hybridized carbons (Fsp3) is 0.375. The van der Waals surface area contributed by atoms with E-state index < -0.39 is 11.6 Å². The third-order valence-corrected chi connectivity index (χ3v) is 3.11. The number of nitrogens with one attached hydrogen (secondary N) is 1. The van der Waals surface area contributed by atoms with Gasteiger partial charge in [0.25, 0.3) is 0 Å². The first kappa shape index (κ1) is 15.4. The summed E-state index contributed by atoms with van der Waals surface area (Å²) in [4.78, 5) is 8.84. The summed E-state index contributed by atoms with van der Waals surface area (Å²) in [5.41, 5.74) is 1.29. The Labute approximate surface area is 123 Å². The Morgan fingerprint density at radius 3 is 2.52 bits per heavy atom. The SMILES string of the molecule is CCNc1cc(C(C)C)nc(Cc2ccc(F)cc2F)n1. The maximum Gasteiger partial charge on any atom is 0.135 e. The lowest BCUT2D eigenvalue weighted by atomic mass is 10.1. The summed E-state index contributed by atoms with van der Waals surface area (Å²) in [6.45, 7) is 6.82. The standard InChI is InChI=1S/C16H19F2N3/c1-4-19-15-9-14(10(2)3)20-16(21-15)7-11-5-6-12(17)8-13(11)18/h5-6,8-10H,4,7H2,1-3H3,(H,19,20,21). The minimum atomic E-state index is -0.582. The van der Waals surface area contributed by atoms with E-state index in [2.05, 4.69) is 15.3 Å². The summed E-state index contributed by atoms with van der Waals surface area (Å²) in [6, 6.07) is 5.46. The smallest absolute Gasteiger partial charge is 0.135 e. The largest absolute Gasteiger partial charge is 0.370 e. The van der Waals surface area contributed by atoms with Crippen LogP contribution in [-0.2, 0) is 6.42 Å². The normalized spacial score (nSPS) is 11.0. The highest BCUT2D eigenvalue weighted by molar-refractivity contribution is 5.37. The molecule has 0 aliphatic heterocycles. The van der Waals surface area contributed by atoms with Gasteiger partial charge in [-0.1, -0.05) is 19.9 Å². The maximum absolute atomic E-state index is 13.7. The molecular formula is C16H19F2N3. The van der Waals surface area contributed by atoms with Crippen LogP contribution in [0.4, 0.5) is 14.6 Å². The summed E-state index contributed by atoms with van der Waals surface area (Å²) in [5, 5.41) is 3.15. The molecule has 3 nitrogen and oxygen atoms in total. The molecule has 0 bridgehead atoms. The van der Waals surface area contributed by atoms with Gasteiger partial charge in [0.1, 0.15) is 23.3 Å². The molecular weight excluding hydrogens is 272 g/mol. The van der Waals surface area contributed by atoms with Crippen molar-refractivity contribution in [1.29, 1.82) is 0 Å². The van der Waals surface area contributed by atoms with Crippen molar-refractivity contribution in [2.45, 2.75) is 33.1 Å². The predicted octanol–water partition coefficient (Wildman–Crippen LogP) is 3.90. The lowest BCUT2D eigenvalue weighted by Crippen LogP contribution is -2.08. The summed E-state index contributed by atoms with van der Waals surface area (Å²) in [7, 11) is 0. The van der Waals surface area contributed by atoms with E-state index in [1.807, 2.05) is 26.8 Å². The Balaban J connectivity index is 2.33. The lowest BCUT2D eigenvalue weighted by molar-refractivity contribution is 0.573. The molecule has 0 aliphatic carbocycles. The molecule has 0 saturated heterocycles. The number of halogens is 2. The van der Waals surface area contributed by atoms with Gasteiger partial charge < -0.3 is 5.32 Å². The van der Waals surface area contributed by atoms with Crippen molar-refractivity contribution in [3.8, 4) is 0 Å². The van der Waals surface area contributed by atoms with Crippen molar-refractivity contribution in [1.82, 2.24) is 9.97 Å². The Kier molecular flexibility index (Phi) is 4.83. The first-order chi connectivity index (χ1) is 9.99. The minimum Gasteiger partial charge on any atom is -0.370 e. The average molecular weight is 291 g/mol. The Bertz CT molecular complexity index is 627. The van der Waals surface area contributed by atoms with E-state index in [4.69, 9.17) is 0 Å². The molecule has 2 aromatic rings. The molecule has 0 amide bonds. The molecule has 1 aromatic carbocycles. The van der Waals surface area contributed by atoms with E-state index in [-0.39, 0.29) is 12.3 Å². The number of anilines is 1. The van der Waals surface area contributed by atoms with E-state index in [0.29, 0.717) is 11.4 Å². The summed E-state index contributed by atoms with van der Waals surface area (Å²) >= 11 is 0. The van der Waals surface area contributed by atoms with Crippen LogP contribution in [0.25, 0.3) is 0 Å². The first-order valence-corrected chi connectivity index (χ1v) is 7.05. The number of hydrogen-bond donors (Lipinski definition) is 1. The Morgan fingerprint density at radius 1 is 1.14 bits per heavy atom. The van der Waals surface area contributed by atoms with Crippen molar-refractivity contribution >= 4 is 5.82 Å². The van der Waals surface area contributed by atoms with Crippen LogP contribution < -0.4 is 5.32 Å². The summed E-state index contributed by atoms with van der Waals surface area (Å²) < 4.78 is 26.7. The predicted molar refractivity (Wildman–Crippen MR) is 79.4 cm³/mol. The second kappa shape index (κ2) is 6.61. The number of hydrogen-bond acceptors (Lipinski definition) is 3. The molecule has 0 unspecified atom stereocenters. The molecule has 1 aromatic heterocycles. The molecule has 1 N–H and O–H groups in total. The molecule has 0 saturated carbocycles. The van der Waals surface area contributed by atoms with Crippen LogP contribution in [-0.4, -0.2) is 16.5 Å². The van der Waals surface area contributed by atoms with E-state index in [1.165, 1.54) is 12.1 Å². The lowest BCUT2D eigenvalue weighted by Gasteiger charge is -2.11. The molecule has 0 aliphatic rings. The second-order valence-electron chi connectivity index (χ2n) is 5.19. The van der Waals surface area contributed by atoms with E-state index in [9.17, 15) is 8.78 Å². The topological polar surface area (TPSA) is 37.8 Å². The van der Waals surface area contributed by atoms with Crippen molar-refractivity contribution < 1.29 is 8.78 Å². The molecule has 0 spiro atoms. The highest BCUT2D eigenvalue weighted by atomic mass is 19.1. The Morgan fingerprint density at radius 2 is 1.90 bits per heavy atom. The van der Waals surface area contributed by atoms with Gasteiger partial charge in [0.2, 0.25) is 0 Å². The number of nitrogens with zero attached hydrogens (tertiary/aromatic N) is 2. The van der Waals surface area contributed by atoms with E-state index in [1.54, 1.807) is 0 Å². The van der Waals surface area contributed by atoms with Crippen LogP contribution in [0.5, 0.6) is 0 Å². The third kappa shape index (κ3) is 3.97. The molecule has 2 rings (SSSR count). The van der Waals surface area contributed by atoms with Crippen LogP contribution in [0.1, 0.15) is 43.8 Å². The van der Waals surface area contributed by atoms with Crippen molar-refractivity contribution in [2.75, 3.05) is 11.9 Å². The fourth-order valence-corrected chi connectivity index (χ4v) is 2.00. The van der Waals surface area contributed by atoms with Crippen molar-refractivity contribution in [3.63, 3.8) is 0 Å². The van der Waals surface area contributed by atoms with Crippen LogP contribution in [0.15, 0.2) is 24.3 Å². The zero-order valence-electron chi connectivity index (χ0n) is 12.5. The van der Waals surface area contributed by atoms with Crippen LogP contribution in [0.2, 0.25) is 0 Å². The van der Waals surface area contributed by atoms with Gasteiger partial charge >= 0.3 is 0 Å². The van der Waals surface area contributed by atoms with Gasteiger partial charge in [-0.25, -0.2) is 18.7 Å². The summed E-state index contributed by atoms with van der Waals surface area (Å²) in [5.74, 6) is 0.360. The highest BCUT2D eigenvalue weighted by Gasteiger charge is 2.11. The van der Waals surface area contributed by atoms with E-state index >= 15 is 0 Å². The molecule has 21 heavy (non-hydrogen) atoms.